The Kier molecular flexibility index (Phi) is 6.36. The van der Waals surface area contributed by atoms with Gasteiger partial charge in [0, 0.05) is 38.4 Å². The summed E-state index contributed by atoms with van der Waals surface area (Å²) in [6.45, 7) is 4.91. The molecule has 1 heterocycles. The third kappa shape index (κ3) is 4.98. The first-order valence-corrected chi connectivity index (χ1v) is 9.53. The highest BCUT2D eigenvalue weighted by atomic mass is 16.5. The summed E-state index contributed by atoms with van der Waals surface area (Å²) in [6, 6.07) is 10.5. The number of aliphatic hydroxyl groups excluding tert-OH is 1. The van der Waals surface area contributed by atoms with Crippen molar-refractivity contribution in [2.24, 2.45) is 0 Å². The Morgan fingerprint density at radius 1 is 1.08 bits per heavy atom. The molecule has 1 aromatic rings. The Bertz CT molecular complexity index is 555. The molecular weight excluding hydrogens is 312 g/mol. The Morgan fingerprint density at radius 2 is 1.76 bits per heavy atom. The van der Waals surface area contributed by atoms with Gasteiger partial charge in [0.1, 0.15) is 5.60 Å². The van der Waals surface area contributed by atoms with Crippen LogP contribution in [0.1, 0.15) is 32.1 Å². The monoisotopic (exact) mass is 342 g/mol. The van der Waals surface area contributed by atoms with Crippen LogP contribution in [-0.4, -0.2) is 61.0 Å². The van der Waals surface area contributed by atoms with Crippen LogP contribution in [0.5, 0.6) is 0 Å². The number of hydrogen-bond donors (Lipinski definition) is 1. The second kappa shape index (κ2) is 8.71. The Balaban J connectivity index is 1.40. The van der Waals surface area contributed by atoms with E-state index in [1.165, 1.54) is 12.1 Å². The lowest BCUT2D eigenvalue weighted by Gasteiger charge is -2.37. The van der Waals surface area contributed by atoms with Gasteiger partial charge in [-0.15, -0.1) is 6.42 Å². The van der Waals surface area contributed by atoms with Crippen LogP contribution in [0.2, 0.25) is 0 Å². The first-order valence-electron chi connectivity index (χ1n) is 9.53. The smallest absolute Gasteiger partial charge is 0.128 e. The quantitative estimate of drug-likeness (QED) is 0.806. The molecule has 0 bridgehead atoms. The number of rotatable bonds is 6. The fourth-order valence-corrected chi connectivity index (χ4v) is 3.89. The van der Waals surface area contributed by atoms with Gasteiger partial charge in [-0.2, -0.15) is 0 Å². The minimum Gasteiger partial charge on any atom is -0.389 e. The lowest BCUT2D eigenvalue weighted by molar-refractivity contribution is -0.0698. The summed E-state index contributed by atoms with van der Waals surface area (Å²) in [4.78, 5) is 4.71. The number of benzene rings is 1. The van der Waals surface area contributed by atoms with Crippen molar-refractivity contribution in [2.75, 3.05) is 44.2 Å². The van der Waals surface area contributed by atoms with Crippen molar-refractivity contribution in [2.45, 2.75) is 43.8 Å². The number of ether oxygens (including phenoxy) is 1. The molecule has 3 rings (SSSR count). The number of β-amino-alcohol motifs (C(OH)–C–C–N with tert-alkyl or cyclic N) is 1. The van der Waals surface area contributed by atoms with Gasteiger partial charge < -0.3 is 14.7 Å². The Morgan fingerprint density at radius 3 is 2.40 bits per heavy atom. The first kappa shape index (κ1) is 18.3. The minimum atomic E-state index is -0.476. The maximum absolute atomic E-state index is 10.4. The van der Waals surface area contributed by atoms with Crippen molar-refractivity contribution in [1.29, 1.82) is 0 Å². The molecule has 2 fully saturated rings. The first-order chi connectivity index (χ1) is 12.2. The predicted molar refractivity (Wildman–Crippen MR) is 102 cm³/mol. The van der Waals surface area contributed by atoms with Crippen LogP contribution in [0.3, 0.4) is 0 Å². The molecule has 1 saturated carbocycles. The second-order valence-corrected chi connectivity index (χ2v) is 7.29. The number of piperazine rings is 1. The van der Waals surface area contributed by atoms with E-state index in [0.29, 0.717) is 13.2 Å². The normalized spacial score (nSPS) is 22.3. The average molecular weight is 342 g/mol. The molecule has 0 amide bonds. The standard InChI is InChI=1S/C21H30N2O2/c1-2-21(11-7-4-8-12-21)25-18-20(24)17-22-13-15-23(16-14-22)19-9-5-3-6-10-19/h1,3,5-6,9-10,20,24H,4,7-8,11-18H2. The van der Waals surface area contributed by atoms with Gasteiger partial charge in [0.2, 0.25) is 0 Å². The van der Waals surface area contributed by atoms with E-state index in [-0.39, 0.29) is 0 Å². The number of aliphatic hydroxyl groups is 1. The van der Waals surface area contributed by atoms with Crippen LogP contribution >= 0.6 is 0 Å². The largest absolute Gasteiger partial charge is 0.389 e. The SMILES string of the molecule is C#CC1(OCC(O)CN2CCN(c3ccccc3)CC2)CCCCC1. The van der Waals surface area contributed by atoms with Crippen molar-refractivity contribution >= 4 is 5.69 Å². The second-order valence-electron chi connectivity index (χ2n) is 7.29. The van der Waals surface area contributed by atoms with Crippen molar-refractivity contribution in [1.82, 2.24) is 4.90 Å². The van der Waals surface area contributed by atoms with E-state index < -0.39 is 11.7 Å². The maximum Gasteiger partial charge on any atom is 0.128 e. The van der Waals surface area contributed by atoms with Gasteiger partial charge in [-0.25, -0.2) is 0 Å². The molecule has 0 radical (unpaired) electrons. The van der Waals surface area contributed by atoms with E-state index in [1.807, 2.05) is 6.07 Å². The summed E-state index contributed by atoms with van der Waals surface area (Å²) >= 11 is 0. The number of hydrogen-bond acceptors (Lipinski definition) is 4. The molecule has 2 aliphatic rings. The number of nitrogens with zero attached hydrogens (tertiary/aromatic N) is 2. The molecule has 0 aromatic heterocycles. The lowest BCUT2D eigenvalue weighted by Crippen LogP contribution is -2.49. The Labute approximate surface area is 151 Å². The zero-order valence-electron chi connectivity index (χ0n) is 15.1. The Hall–Kier alpha value is -1.54. The van der Waals surface area contributed by atoms with E-state index >= 15 is 0 Å². The molecule has 1 aromatic carbocycles. The van der Waals surface area contributed by atoms with Gasteiger partial charge in [-0.1, -0.05) is 30.5 Å². The van der Waals surface area contributed by atoms with E-state index in [9.17, 15) is 5.11 Å². The van der Waals surface area contributed by atoms with Crippen LogP contribution in [0.15, 0.2) is 30.3 Å². The van der Waals surface area contributed by atoms with Gasteiger partial charge in [0.15, 0.2) is 0 Å². The van der Waals surface area contributed by atoms with E-state index in [2.05, 4.69) is 40.0 Å². The van der Waals surface area contributed by atoms with Gasteiger partial charge in [0.05, 0.1) is 12.7 Å². The van der Waals surface area contributed by atoms with E-state index in [4.69, 9.17) is 11.2 Å². The fraction of sp³-hybridized carbons (Fsp3) is 0.619. The van der Waals surface area contributed by atoms with E-state index in [1.54, 1.807) is 0 Å². The molecule has 4 heteroatoms. The van der Waals surface area contributed by atoms with Gasteiger partial charge in [-0.05, 0) is 37.8 Å². The molecule has 1 aliphatic carbocycles. The molecule has 1 atom stereocenters. The fourth-order valence-electron chi connectivity index (χ4n) is 3.89. The van der Waals surface area contributed by atoms with Gasteiger partial charge in [0.25, 0.3) is 0 Å². The molecule has 1 saturated heterocycles. The predicted octanol–water partition coefficient (Wildman–Crippen LogP) is 2.52. The molecule has 1 N–H and O–H groups in total. The summed E-state index contributed by atoms with van der Waals surface area (Å²) in [6.07, 6.45) is 10.6. The minimum absolute atomic E-state index is 0.336. The van der Waals surface area contributed by atoms with Crippen molar-refractivity contribution in [3.05, 3.63) is 30.3 Å². The third-order valence-corrected chi connectivity index (χ3v) is 5.44. The van der Waals surface area contributed by atoms with Crippen LogP contribution < -0.4 is 4.90 Å². The van der Waals surface area contributed by atoms with Gasteiger partial charge >= 0.3 is 0 Å². The summed E-state index contributed by atoms with van der Waals surface area (Å²) in [5.74, 6) is 2.85. The van der Waals surface area contributed by atoms with Crippen LogP contribution in [0.4, 0.5) is 5.69 Å². The number of anilines is 1. The van der Waals surface area contributed by atoms with Gasteiger partial charge in [-0.3, -0.25) is 4.90 Å². The molecule has 4 nitrogen and oxygen atoms in total. The lowest BCUT2D eigenvalue weighted by atomic mass is 9.85. The summed E-state index contributed by atoms with van der Waals surface area (Å²) in [7, 11) is 0. The zero-order valence-corrected chi connectivity index (χ0v) is 15.1. The topological polar surface area (TPSA) is 35.9 Å². The highest BCUT2D eigenvalue weighted by molar-refractivity contribution is 5.46. The maximum atomic E-state index is 10.4. The van der Waals surface area contributed by atoms with Crippen molar-refractivity contribution in [3.63, 3.8) is 0 Å². The van der Waals surface area contributed by atoms with Crippen LogP contribution in [0, 0.1) is 12.3 Å². The summed E-state index contributed by atoms with van der Waals surface area (Å²) < 4.78 is 5.99. The highest BCUT2D eigenvalue weighted by Crippen LogP contribution is 2.31. The molecule has 1 aliphatic heterocycles. The molecule has 136 valence electrons. The van der Waals surface area contributed by atoms with Crippen LogP contribution in [-0.2, 0) is 4.74 Å². The molecular formula is C21H30N2O2. The average Bonchev–Trinajstić information content (AvgIpc) is 2.68. The summed E-state index contributed by atoms with van der Waals surface area (Å²) in [5.41, 5.74) is 0.838. The van der Waals surface area contributed by atoms with E-state index in [0.717, 1.165) is 51.9 Å². The highest BCUT2D eigenvalue weighted by Gasteiger charge is 2.31. The number of terminal acetylenes is 1. The molecule has 0 spiro atoms. The van der Waals surface area contributed by atoms with Crippen molar-refractivity contribution < 1.29 is 9.84 Å². The number of para-hydroxylation sites is 1. The molecule has 1 unspecified atom stereocenters. The summed E-state index contributed by atoms with van der Waals surface area (Å²) in [5, 5.41) is 10.4. The molecule has 25 heavy (non-hydrogen) atoms. The van der Waals surface area contributed by atoms with Crippen LogP contribution in [0.25, 0.3) is 0 Å². The van der Waals surface area contributed by atoms with Crippen molar-refractivity contribution in [3.8, 4) is 12.3 Å². The zero-order chi connectivity index (χ0) is 17.5. The third-order valence-electron chi connectivity index (χ3n) is 5.44.